The van der Waals surface area contributed by atoms with E-state index in [4.69, 9.17) is 5.26 Å². The lowest BCUT2D eigenvalue weighted by Crippen LogP contribution is -2.30. The smallest absolute Gasteiger partial charge is 0.268 e. The zero-order valence-electron chi connectivity index (χ0n) is 11.0. The van der Waals surface area contributed by atoms with Crippen LogP contribution in [0.15, 0.2) is 42.5 Å². The van der Waals surface area contributed by atoms with Crippen LogP contribution in [-0.2, 0) is 0 Å². The summed E-state index contributed by atoms with van der Waals surface area (Å²) >= 11 is 0. The molecule has 22 heavy (non-hydrogen) atoms. The SMILES string of the molecule is N#Cc1ccccc1N1C(=O)c2cccc([N+](=O)[O-])c2C1=O. The lowest BCUT2D eigenvalue weighted by atomic mass is 10.1. The fourth-order valence-electron chi connectivity index (χ4n) is 2.40. The molecule has 1 aliphatic heterocycles. The summed E-state index contributed by atoms with van der Waals surface area (Å²) in [6.45, 7) is 0. The highest BCUT2D eigenvalue weighted by Crippen LogP contribution is 2.34. The third-order valence-electron chi connectivity index (χ3n) is 3.36. The van der Waals surface area contributed by atoms with Crippen molar-refractivity contribution in [3.63, 3.8) is 0 Å². The summed E-state index contributed by atoms with van der Waals surface area (Å²) < 4.78 is 0. The lowest BCUT2D eigenvalue weighted by Gasteiger charge is -2.14. The summed E-state index contributed by atoms with van der Waals surface area (Å²) in [5, 5.41) is 20.2. The summed E-state index contributed by atoms with van der Waals surface area (Å²) in [5.41, 5.74) is -0.449. The van der Waals surface area contributed by atoms with Gasteiger partial charge in [-0.3, -0.25) is 19.7 Å². The van der Waals surface area contributed by atoms with Gasteiger partial charge in [-0.1, -0.05) is 18.2 Å². The highest BCUT2D eigenvalue weighted by Gasteiger charge is 2.42. The molecule has 1 aliphatic rings. The van der Waals surface area contributed by atoms with E-state index in [1.165, 1.54) is 30.3 Å². The predicted octanol–water partition coefficient (Wildman–Crippen LogP) is 2.27. The Bertz CT molecular complexity index is 883. The van der Waals surface area contributed by atoms with Gasteiger partial charge >= 0.3 is 0 Å². The molecular weight excluding hydrogens is 286 g/mol. The number of nitro benzene ring substituents is 1. The van der Waals surface area contributed by atoms with Gasteiger partial charge in [0.05, 0.1) is 21.7 Å². The number of para-hydroxylation sites is 1. The van der Waals surface area contributed by atoms with Gasteiger partial charge in [-0.25, -0.2) is 4.90 Å². The van der Waals surface area contributed by atoms with Crippen LogP contribution in [0.3, 0.4) is 0 Å². The molecule has 0 atom stereocenters. The molecule has 0 spiro atoms. The number of nitro groups is 1. The molecule has 0 unspecified atom stereocenters. The zero-order chi connectivity index (χ0) is 15.9. The molecule has 0 saturated carbocycles. The highest BCUT2D eigenvalue weighted by molar-refractivity contribution is 6.36. The van der Waals surface area contributed by atoms with Gasteiger partial charge in [0.15, 0.2) is 0 Å². The van der Waals surface area contributed by atoms with Crippen molar-refractivity contribution in [3.05, 3.63) is 69.3 Å². The second-order valence-electron chi connectivity index (χ2n) is 4.53. The number of benzene rings is 2. The number of rotatable bonds is 2. The van der Waals surface area contributed by atoms with Gasteiger partial charge < -0.3 is 0 Å². The van der Waals surface area contributed by atoms with E-state index in [1.807, 2.05) is 6.07 Å². The van der Waals surface area contributed by atoms with Crippen LogP contribution in [0.4, 0.5) is 11.4 Å². The third-order valence-corrected chi connectivity index (χ3v) is 3.36. The molecule has 0 fully saturated rings. The van der Waals surface area contributed by atoms with Gasteiger partial charge in [0.2, 0.25) is 0 Å². The van der Waals surface area contributed by atoms with Crippen molar-refractivity contribution in [3.8, 4) is 6.07 Å². The Kier molecular flexibility index (Phi) is 2.93. The first-order valence-corrected chi connectivity index (χ1v) is 6.21. The van der Waals surface area contributed by atoms with E-state index >= 15 is 0 Å². The number of amides is 2. The van der Waals surface area contributed by atoms with Crippen molar-refractivity contribution in [2.24, 2.45) is 0 Å². The van der Waals surface area contributed by atoms with Crippen LogP contribution in [0.2, 0.25) is 0 Å². The Morgan fingerprint density at radius 1 is 1.05 bits per heavy atom. The molecule has 0 radical (unpaired) electrons. The topological polar surface area (TPSA) is 104 Å². The molecule has 2 amide bonds. The van der Waals surface area contributed by atoms with E-state index in [-0.39, 0.29) is 22.4 Å². The largest absolute Gasteiger partial charge is 0.283 e. The normalized spacial score (nSPS) is 13.0. The van der Waals surface area contributed by atoms with Crippen LogP contribution < -0.4 is 4.90 Å². The van der Waals surface area contributed by atoms with Gasteiger partial charge in [0.1, 0.15) is 11.6 Å². The number of hydrogen-bond acceptors (Lipinski definition) is 5. The molecule has 0 aromatic heterocycles. The van der Waals surface area contributed by atoms with Gasteiger partial charge in [-0.15, -0.1) is 0 Å². The Labute approximate surface area is 124 Å². The lowest BCUT2D eigenvalue weighted by molar-refractivity contribution is -0.385. The van der Waals surface area contributed by atoms with Crippen molar-refractivity contribution >= 4 is 23.2 Å². The molecule has 7 nitrogen and oxygen atoms in total. The van der Waals surface area contributed by atoms with E-state index < -0.39 is 22.4 Å². The Hall–Kier alpha value is -3.53. The number of nitriles is 1. The van der Waals surface area contributed by atoms with E-state index in [0.717, 1.165) is 4.90 Å². The Morgan fingerprint density at radius 3 is 2.45 bits per heavy atom. The first-order chi connectivity index (χ1) is 10.6. The fourth-order valence-corrected chi connectivity index (χ4v) is 2.40. The van der Waals surface area contributed by atoms with Crippen molar-refractivity contribution in [2.75, 3.05) is 4.90 Å². The van der Waals surface area contributed by atoms with E-state index in [1.54, 1.807) is 12.1 Å². The third kappa shape index (κ3) is 1.75. The second kappa shape index (κ2) is 4.79. The number of carbonyl (C=O) groups excluding carboxylic acids is 2. The molecule has 2 aromatic rings. The summed E-state index contributed by atoms with van der Waals surface area (Å²) in [6, 6.07) is 11.9. The molecule has 3 rings (SSSR count). The van der Waals surface area contributed by atoms with Crippen molar-refractivity contribution in [1.29, 1.82) is 5.26 Å². The maximum Gasteiger partial charge on any atom is 0.283 e. The van der Waals surface area contributed by atoms with Crippen molar-refractivity contribution in [2.45, 2.75) is 0 Å². The van der Waals surface area contributed by atoms with Crippen LogP contribution in [0.5, 0.6) is 0 Å². The molecule has 0 N–H and O–H groups in total. The van der Waals surface area contributed by atoms with Gasteiger partial charge in [-0.05, 0) is 18.2 Å². The summed E-state index contributed by atoms with van der Waals surface area (Å²) in [4.78, 5) is 36.1. The van der Waals surface area contributed by atoms with Crippen molar-refractivity contribution in [1.82, 2.24) is 0 Å². The zero-order valence-corrected chi connectivity index (χ0v) is 11.0. The summed E-state index contributed by atoms with van der Waals surface area (Å²) in [6.07, 6.45) is 0. The van der Waals surface area contributed by atoms with E-state index in [9.17, 15) is 19.7 Å². The monoisotopic (exact) mass is 293 g/mol. The number of carbonyl (C=O) groups is 2. The quantitative estimate of drug-likeness (QED) is 0.480. The number of anilines is 1. The molecular formula is C15H7N3O4. The molecule has 106 valence electrons. The molecule has 0 bridgehead atoms. The number of hydrogen-bond donors (Lipinski definition) is 0. The van der Waals surface area contributed by atoms with Crippen molar-refractivity contribution < 1.29 is 14.5 Å². The number of imide groups is 1. The Morgan fingerprint density at radius 2 is 1.77 bits per heavy atom. The average molecular weight is 293 g/mol. The molecule has 0 aliphatic carbocycles. The number of nitrogens with zero attached hydrogens (tertiary/aromatic N) is 3. The molecule has 0 saturated heterocycles. The molecule has 7 heteroatoms. The van der Waals surface area contributed by atoms with Gasteiger partial charge in [0.25, 0.3) is 17.5 Å². The second-order valence-corrected chi connectivity index (χ2v) is 4.53. The minimum absolute atomic E-state index is 0.0352. The minimum Gasteiger partial charge on any atom is -0.268 e. The van der Waals surface area contributed by atoms with Crippen LogP contribution >= 0.6 is 0 Å². The molecule has 2 aromatic carbocycles. The average Bonchev–Trinajstić information content (AvgIpc) is 2.78. The fraction of sp³-hybridized carbons (Fsp3) is 0. The standard InChI is InChI=1S/C15H7N3O4/c16-8-9-4-1-2-6-11(9)17-14(19)10-5-3-7-12(18(21)22)13(10)15(17)20/h1-7H. The minimum atomic E-state index is -0.796. The maximum absolute atomic E-state index is 12.5. The van der Waals surface area contributed by atoms with Gasteiger partial charge in [-0.2, -0.15) is 5.26 Å². The van der Waals surface area contributed by atoms with Crippen LogP contribution in [0.25, 0.3) is 0 Å². The number of fused-ring (bicyclic) bond motifs is 1. The van der Waals surface area contributed by atoms with Crippen LogP contribution in [-0.4, -0.2) is 16.7 Å². The summed E-state index contributed by atoms with van der Waals surface area (Å²) in [5.74, 6) is -1.47. The predicted molar refractivity (Wildman–Crippen MR) is 75.4 cm³/mol. The molecule has 1 heterocycles. The van der Waals surface area contributed by atoms with E-state index in [0.29, 0.717) is 0 Å². The highest BCUT2D eigenvalue weighted by atomic mass is 16.6. The first kappa shape index (κ1) is 13.5. The van der Waals surface area contributed by atoms with E-state index in [2.05, 4.69) is 0 Å². The summed E-state index contributed by atoms with van der Waals surface area (Å²) in [7, 11) is 0. The van der Waals surface area contributed by atoms with Gasteiger partial charge in [0, 0.05) is 6.07 Å². The van der Waals surface area contributed by atoms with Crippen LogP contribution in [0, 0.1) is 21.4 Å². The Balaban J connectivity index is 2.22. The maximum atomic E-state index is 12.5. The van der Waals surface area contributed by atoms with Crippen LogP contribution in [0.1, 0.15) is 26.3 Å². The first-order valence-electron chi connectivity index (χ1n) is 6.21.